The molecule has 0 radical (unpaired) electrons. The van der Waals surface area contributed by atoms with E-state index in [2.05, 4.69) is 29.7 Å². The van der Waals surface area contributed by atoms with E-state index >= 15 is 0 Å². The third-order valence-corrected chi connectivity index (χ3v) is 5.43. The standard InChI is InChI=1S/C26H26N4OS/c1-18-10-7-8-15-24(18)27-26(32)28-25-19(2)29-30(20(25)3)17-21-11-9-14-23(16-21)31-22-12-5-4-6-13-22/h4-16H,17H2,1-3H3,(H2,27,28,32). The summed E-state index contributed by atoms with van der Waals surface area (Å²) >= 11 is 5.54. The van der Waals surface area contributed by atoms with Crippen LogP contribution >= 0.6 is 12.2 Å². The van der Waals surface area contributed by atoms with Gasteiger partial charge in [0.2, 0.25) is 0 Å². The summed E-state index contributed by atoms with van der Waals surface area (Å²) in [5, 5.41) is 11.9. The first-order chi connectivity index (χ1) is 15.5. The first-order valence-corrected chi connectivity index (χ1v) is 10.9. The predicted octanol–water partition coefficient (Wildman–Crippen LogP) is 6.46. The highest BCUT2D eigenvalue weighted by atomic mass is 32.1. The van der Waals surface area contributed by atoms with Crippen LogP contribution in [0.4, 0.5) is 11.4 Å². The summed E-state index contributed by atoms with van der Waals surface area (Å²) in [5.41, 5.74) is 6.07. The fraction of sp³-hybridized carbons (Fsp3) is 0.154. The van der Waals surface area contributed by atoms with Crippen LogP contribution in [0.3, 0.4) is 0 Å². The Kier molecular flexibility index (Phi) is 6.52. The molecule has 0 spiro atoms. The Morgan fingerprint density at radius 3 is 2.38 bits per heavy atom. The van der Waals surface area contributed by atoms with Crippen LogP contribution in [0.1, 0.15) is 22.5 Å². The molecule has 6 heteroatoms. The third kappa shape index (κ3) is 5.15. The molecule has 0 bridgehead atoms. The molecule has 0 aliphatic carbocycles. The zero-order valence-electron chi connectivity index (χ0n) is 18.4. The number of aryl methyl sites for hydroxylation is 2. The molecule has 3 aromatic carbocycles. The first-order valence-electron chi connectivity index (χ1n) is 10.5. The highest BCUT2D eigenvalue weighted by Crippen LogP contribution is 2.24. The molecule has 0 aliphatic heterocycles. The third-order valence-electron chi connectivity index (χ3n) is 5.22. The minimum Gasteiger partial charge on any atom is -0.457 e. The summed E-state index contributed by atoms with van der Waals surface area (Å²) in [6, 6.07) is 25.9. The van der Waals surface area contributed by atoms with Crippen molar-refractivity contribution < 1.29 is 4.74 Å². The Morgan fingerprint density at radius 2 is 1.59 bits per heavy atom. The lowest BCUT2D eigenvalue weighted by Crippen LogP contribution is -2.20. The summed E-state index contributed by atoms with van der Waals surface area (Å²) in [5.74, 6) is 1.62. The lowest BCUT2D eigenvalue weighted by Gasteiger charge is -2.13. The highest BCUT2D eigenvalue weighted by Gasteiger charge is 2.14. The van der Waals surface area contributed by atoms with Crippen molar-refractivity contribution >= 4 is 28.7 Å². The number of para-hydroxylation sites is 2. The topological polar surface area (TPSA) is 51.1 Å². The smallest absolute Gasteiger partial charge is 0.175 e. The molecule has 0 atom stereocenters. The molecular formula is C26H26N4OS. The highest BCUT2D eigenvalue weighted by molar-refractivity contribution is 7.80. The van der Waals surface area contributed by atoms with Crippen LogP contribution in [0.15, 0.2) is 78.9 Å². The Morgan fingerprint density at radius 1 is 0.875 bits per heavy atom. The molecule has 4 aromatic rings. The van der Waals surface area contributed by atoms with Gasteiger partial charge in [0.15, 0.2) is 5.11 Å². The number of nitrogens with zero attached hydrogens (tertiary/aromatic N) is 2. The number of benzene rings is 3. The van der Waals surface area contributed by atoms with Crippen LogP contribution in [-0.4, -0.2) is 14.9 Å². The molecule has 0 fully saturated rings. The summed E-state index contributed by atoms with van der Waals surface area (Å²) in [6.07, 6.45) is 0. The van der Waals surface area contributed by atoms with Gasteiger partial charge in [-0.2, -0.15) is 5.10 Å². The van der Waals surface area contributed by atoms with Gasteiger partial charge in [0.25, 0.3) is 0 Å². The maximum atomic E-state index is 5.97. The normalized spacial score (nSPS) is 10.6. The predicted molar refractivity (Wildman–Crippen MR) is 135 cm³/mol. The van der Waals surface area contributed by atoms with Crippen LogP contribution in [0, 0.1) is 20.8 Å². The number of hydrogen-bond acceptors (Lipinski definition) is 3. The number of ether oxygens (including phenoxy) is 1. The molecule has 0 amide bonds. The SMILES string of the molecule is Cc1ccccc1NC(=S)Nc1c(C)nn(Cc2cccc(Oc3ccccc3)c2)c1C. The number of hydrogen-bond donors (Lipinski definition) is 2. The second-order valence-electron chi connectivity index (χ2n) is 7.66. The van der Waals surface area contributed by atoms with Crippen LogP contribution in [0.2, 0.25) is 0 Å². The molecule has 1 heterocycles. The molecule has 0 saturated heterocycles. The fourth-order valence-corrected chi connectivity index (χ4v) is 3.73. The summed E-state index contributed by atoms with van der Waals surface area (Å²) in [6.45, 7) is 6.72. The van der Waals surface area contributed by atoms with E-state index in [0.29, 0.717) is 11.7 Å². The van der Waals surface area contributed by atoms with E-state index in [0.717, 1.165) is 45.4 Å². The lowest BCUT2D eigenvalue weighted by atomic mass is 10.2. The summed E-state index contributed by atoms with van der Waals surface area (Å²) in [4.78, 5) is 0. The van der Waals surface area contributed by atoms with Crippen molar-refractivity contribution in [3.05, 3.63) is 101 Å². The van der Waals surface area contributed by atoms with Crippen LogP contribution < -0.4 is 15.4 Å². The maximum absolute atomic E-state index is 5.97. The molecule has 1 aromatic heterocycles. The molecule has 32 heavy (non-hydrogen) atoms. The van der Waals surface area contributed by atoms with Crippen molar-refractivity contribution in [3.63, 3.8) is 0 Å². The van der Waals surface area contributed by atoms with E-state index in [1.807, 2.05) is 85.3 Å². The van der Waals surface area contributed by atoms with Crippen molar-refractivity contribution in [1.82, 2.24) is 9.78 Å². The Bertz CT molecular complexity index is 1230. The average molecular weight is 443 g/mol. The number of aromatic nitrogens is 2. The van der Waals surface area contributed by atoms with E-state index in [4.69, 9.17) is 22.1 Å². The molecule has 2 N–H and O–H groups in total. The van der Waals surface area contributed by atoms with Gasteiger partial charge in [-0.3, -0.25) is 4.68 Å². The van der Waals surface area contributed by atoms with Crippen LogP contribution in [-0.2, 0) is 6.54 Å². The van der Waals surface area contributed by atoms with Gasteiger partial charge in [-0.25, -0.2) is 0 Å². The van der Waals surface area contributed by atoms with E-state index in [9.17, 15) is 0 Å². The Hall–Kier alpha value is -3.64. The first kappa shape index (κ1) is 21.6. The van der Waals surface area contributed by atoms with Crippen molar-refractivity contribution in [2.75, 3.05) is 10.6 Å². The zero-order chi connectivity index (χ0) is 22.5. The van der Waals surface area contributed by atoms with Gasteiger partial charge in [-0.05, 0) is 74.4 Å². The minimum absolute atomic E-state index is 0.545. The van der Waals surface area contributed by atoms with E-state index in [1.54, 1.807) is 0 Å². The van der Waals surface area contributed by atoms with Gasteiger partial charge in [0.1, 0.15) is 11.5 Å². The van der Waals surface area contributed by atoms with Gasteiger partial charge < -0.3 is 15.4 Å². The molecule has 0 saturated carbocycles. The van der Waals surface area contributed by atoms with E-state index < -0.39 is 0 Å². The summed E-state index contributed by atoms with van der Waals surface area (Å²) in [7, 11) is 0. The number of rotatable bonds is 6. The number of nitrogens with one attached hydrogen (secondary N) is 2. The summed E-state index contributed by atoms with van der Waals surface area (Å²) < 4.78 is 7.95. The molecule has 4 rings (SSSR count). The quantitative estimate of drug-likeness (QED) is 0.336. The second-order valence-corrected chi connectivity index (χ2v) is 8.07. The van der Waals surface area contributed by atoms with Gasteiger partial charge in [0, 0.05) is 5.69 Å². The van der Waals surface area contributed by atoms with Crippen LogP contribution in [0.5, 0.6) is 11.5 Å². The van der Waals surface area contributed by atoms with Crippen LogP contribution in [0.25, 0.3) is 0 Å². The minimum atomic E-state index is 0.545. The van der Waals surface area contributed by atoms with E-state index in [-0.39, 0.29) is 0 Å². The Labute approximate surface area is 194 Å². The molecule has 5 nitrogen and oxygen atoms in total. The molecule has 0 aliphatic rings. The molecular weight excluding hydrogens is 416 g/mol. The molecule has 0 unspecified atom stereocenters. The monoisotopic (exact) mass is 442 g/mol. The van der Waals surface area contributed by atoms with Gasteiger partial charge in [0.05, 0.1) is 23.6 Å². The number of anilines is 2. The van der Waals surface area contributed by atoms with E-state index in [1.165, 1.54) is 0 Å². The average Bonchev–Trinajstić information content (AvgIpc) is 3.03. The second kappa shape index (κ2) is 9.66. The van der Waals surface area contributed by atoms with Gasteiger partial charge in [-0.1, -0.05) is 48.5 Å². The van der Waals surface area contributed by atoms with Gasteiger partial charge >= 0.3 is 0 Å². The lowest BCUT2D eigenvalue weighted by molar-refractivity contribution is 0.481. The molecule has 162 valence electrons. The van der Waals surface area contributed by atoms with Crippen molar-refractivity contribution in [1.29, 1.82) is 0 Å². The van der Waals surface area contributed by atoms with Gasteiger partial charge in [-0.15, -0.1) is 0 Å². The maximum Gasteiger partial charge on any atom is 0.175 e. The zero-order valence-corrected chi connectivity index (χ0v) is 19.2. The fourth-order valence-electron chi connectivity index (χ4n) is 3.52. The van der Waals surface area contributed by atoms with Crippen molar-refractivity contribution in [2.24, 2.45) is 0 Å². The number of thiocarbonyl (C=S) groups is 1. The Balaban J connectivity index is 1.47. The van der Waals surface area contributed by atoms with Crippen molar-refractivity contribution in [2.45, 2.75) is 27.3 Å². The largest absolute Gasteiger partial charge is 0.457 e. The van der Waals surface area contributed by atoms with Crippen molar-refractivity contribution in [3.8, 4) is 11.5 Å².